The minimum Gasteiger partial charge on any atom is -0.389 e. The van der Waals surface area contributed by atoms with Crippen molar-refractivity contribution in [3.8, 4) is 6.07 Å². The zero-order chi connectivity index (χ0) is 14.3. The molecular formula is C12H16ClFN4O. The maximum atomic E-state index is 13.2. The number of halogens is 2. The average molecular weight is 287 g/mol. The van der Waals surface area contributed by atoms with Gasteiger partial charge in [0.1, 0.15) is 0 Å². The molecule has 0 radical (unpaired) electrons. The summed E-state index contributed by atoms with van der Waals surface area (Å²) < 4.78 is 13.2. The Bertz CT molecular complexity index is 462. The van der Waals surface area contributed by atoms with Crippen LogP contribution in [0.15, 0.2) is 6.20 Å². The number of unbranched alkanes of at least 4 members (excludes halogenated alkanes) is 1. The summed E-state index contributed by atoms with van der Waals surface area (Å²) in [6.45, 7) is 2.14. The number of nitrogens with one attached hydrogen (secondary N) is 1. The van der Waals surface area contributed by atoms with Crippen LogP contribution in [0.25, 0.3) is 0 Å². The van der Waals surface area contributed by atoms with Gasteiger partial charge >= 0.3 is 0 Å². The molecule has 0 aromatic carbocycles. The standard InChI is InChI=1S/C12H16ClFN4O/c1-12(19,5-6-15)4-2-3-7-16-10-9(14)8-17-11(13)18-10/h8,19H,2-5,7H2,1H3,(H,16,17,18). The summed E-state index contributed by atoms with van der Waals surface area (Å²) in [5.41, 5.74) is -0.960. The quantitative estimate of drug-likeness (QED) is 0.594. The maximum Gasteiger partial charge on any atom is 0.224 e. The second-order valence-electron chi connectivity index (χ2n) is 4.55. The molecule has 0 aliphatic heterocycles. The molecule has 104 valence electrons. The Labute approximate surface area is 116 Å². The summed E-state index contributed by atoms with van der Waals surface area (Å²) in [7, 11) is 0. The molecular weight excluding hydrogens is 271 g/mol. The van der Waals surface area contributed by atoms with Gasteiger partial charge in [-0.05, 0) is 37.8 Å². The summed E-state index contributed by atoms with van der Waals surface area (Å²) in [5, 5.41) is 21.1. The van der Waals surface area contributed by atoms with E-state index in [2.05, 4.69) is 15.3 Å². The second-order valence-corrected chi connectivity index (χ2v) is 4.89. The van der Waals surface area contributed by atoms with Crippen LogP contribution < -0.4 is 5.32 Å². The summed E-state index contributed by atoms with van der Waals surface area (Å²) in [6.07, 6.45) is 3.09. The minimum absolute atomic E-state index is 0.0131. The fourth-order valence-electron chi connectivity index (χ4n) is 1.57. The highest BCUT2D eigenvalue weighted by atomic mass is 35.5. The van der Waals surface area contributed by atoms with E-state index in [1.807, 2.05) is 6.07 Å². The summed E-state index contributed by atoms with van der Waals surface area (Å²) >= 11 is 5.56. The number of nitriles is 1. The van der Waals surface area contributed by atoms with Gasteiger partial charge in [-0.25, -0.2) is 9.37 Å². The number of hydrogen-bond acceptors (Lipinski definition) is 5. The molecule has 1 unspecified atom stereocenters. The maximum absolute atomic E-state index is 13.2. The van der Waals surface area contributed by atoms with Gasteiger partial charge in [-0.1, -0.05) is 0 Å². The SMILES string of the molecule is CC(O)(CC#N)CCCCNc1nc(Cl)ncc1F. The van der Waals surface area contributed by atoms with Crippen molar-refractivity contribution in [2.45, 2.75) is 38.2 Å². The molecule has 19 heavy (non-hydrogen) atoms. The van der Waals surface area contributed by atoms with Crippen molar-refractivity contribution in [3.05, 3.63) is 17.3 Å². The third-order valence-corrected chi connectivity index (χ3v) is 2.79. The lowest BCUT2D eigenvalue weighted by atomic mass is 9.96. The second kappa shape index (κ2) is 7.22. The highest BCUT2D eigenvalue weighted by Crippen LogP contribution is 2.17. The van der Waals surface area contributed by atoms with E-state index in [0.29, 0.717) is 13.0 Å². The Morgan fingerprint density at radius 1 is 1.58 bits per heavy atom. The van der Waals surface area contributed by atoms with E-state index in [4.69, 9.17) is 16.9 Å². The molecule has 1 atom stereocenters. The lowest BCUT2D eigenvalue weighted by molar-refractivity contribution is 0.0534. The van der Waals surface area contributed by atoms with Crippen molar-refractivity contribution in [1.82, 2.24) is 9.97 Å². The molecule has 0 amide bonds. The number of aliphatic hydroxyl groups is 1. The van der Waals surface area contributed by atoms with E-state index >= 15 is 0 Å². The molecule has 5 nitrogen and oxygen atoms in total. The van der Waals surface area contributed by atoms with Gasteiger partial charge in [-0.3, -0.25) is 0 Å². The fraction of sp³-hybridized carbons (Fsp3) is 0.583. The highest BCUT2D eigenvalue weighted by molar-refractivity contribution is 6.28. The molecule has 1 rings (SSSR count). The predicted molar refractivity (Wildman–Crippen MR) is 70.2 cm³/mol. The first kappa shape index (κ1) is 15.6. The zero-order valence-electron chi connectivity index (χ0n) is 10.7. The molecule has 1 aromatic rings. The number of hydrogen-bond donors (Lipinski definition) is 2. The van der Waals surface area contributed by atoms with Crippen LogP contribution in [0, 0.1) is 17.1 Å². The van der Waals surface area contributed by atoms with Gasteiger partial charge in [0.2, 0.25) is 5.28 Å². The van der Waals surface area contributed by atoms with Crippen molar-refractivity contribution in [1.29, 1.82) is 5.26 Å². The molecule has 0 saturated heterocycles. The Morgan fingerprint density at radius 2 is 2.32 bits per heavy atom. The van der Waals surface area contributed by atoms with Crippen molar-refractivity contribution in [2.75, 3.05) is 11.9 Å². The van der Waals surface area contributed by atoms with E-state index in [1.165, 1.54) is 0 Å². The third-order valence-electron chi connectivity index (χ3n) is 2.61. The predicted octanol–water partition coefficient (Wildman–Crippen LogP) is 2.52. The van der Waals surface area contributed by atoms with Crippen LogP contribution >= 0.6 is 11.6 Å². The smallest absolute Gasteiger partial charge is 0.224 e. The number of nitrogens with zero attached hydrogens (tertiary/aromatic N) is 3. The number of rotatable bonds is 7. The molecule has 0 spiro atoms. The molecule has 7 heteroatoms. The molecule has 0 aliphatic carbocycles. The van der Waals surface area contributed by atoms with E-state index in [1.54, 1.807) is 6.92 Å². The first-order chi connectivity index (χ1) is 8.94. The Hall–Kier alpha value is -1.45. The highest BCUT2D eigenvalue weighted by Gasteiger charge is 2.18. The van der Waals surface area contributed by atoms with Crippen molar-refractivity contribution < 1.29 is 9.50 Å². The molecule has 0 aliphatic rings. The van der Waals surface area contributed by atoms with E-state index in [-0.39, 0.29) is 17.5 Å². The van der Waals surface area contributed by atoms with Gasteiger partial charge in [-0.15, -0.1) is 0 Å². The Balaban J connectivity index is 2.28. The van der Waals surface area contributed by atoms with Gasteiger partial charge in [0.15, 0.2) is 11.6 Å². The van der Waals surface area contributed by atoms with Crippen LogP contribution in [0.4, 0.5) is 10.2 Å². The topological polar surface area (TPSA) is 81.8 Å². The molecule has 0 bridgehead atoms. The lowest BCUT2D eigenvalue weighted by Gasteiger charge is -2.19. The van der Waals surface area contributed by atoms with E-state index < -0.39 is 11.4 Å². The van der Waals surface area contributed by atoms with Gasteiger partial charge in [-0.2, -0.15) is 10.2 Å². The number of anilines is 1. The van der Waals surface area contributed by atoms with Crippen LogP contribution in [0.3, 0.4) is 0 Å². The van der Waals surface area contributed by atoms with Crippen molar-refractivity contribution in [2.24, 2.45) is 0 Å². The lowest BCUT2D eigenvalue weighted by Crippen LogP contribution is -2.23. The monoisotopic (exact) mass is 286 g/mol. The van der Waals surface area contributed by atoms with Crippen LogP contribution in [-0.4, -0.2) is 27.2 Å². The summed E-state index contributed by atoms with van der Waals surface area (Å²) in [5.74, 6) is -0.482. The van der Waals surface area contributed by atoms with Crippen LogP contribution in [0.1, 0.15) is 32.6 Å². The van der Waals surface area contributed by atoms with Gasteiger partial charge in [0, 0.05) is 6.54 Å². The summed E-state index contributed by atoms with van der Waals surface area (Å²) in [6, 6.07) is 1.94. The normalized spacial score (nSPS) is 13.6. The Kier molecular flexibility index (Phi) is 5.93. The molecule has 0 fully saturated rings. The van der Waals surface area contributed by atoms with Crippen molar-refractivity contribution >= 4 is 17.4 Å². The van der Waals surface area contributed by atoms with Crippen molar-refractivity contribution in [3.63, 3.8) is 0 Å². The minimum atomic E-state index is -0.960. The van der Waals surface area contributed by atoms with Crippen LogP contribution in [-0.2, 0) is 0 Å². The zero-order valence-corrected chi connectivity index (χ0v) is 11.4. The van der Waals surface area contributed by atoms with Crippen LogP contribution in [0.5, 0.6) is 0 Å². The van der Waals surface area contributed by atoms with Gasteiger partial charge < -0.3 is 10.4 Å². The molecule has 1 aromatic heterocycles. The van der Waals surface area contributed by atoms with E-state index in [9.17, 15) is 9.50 Å². The summed E-state index contributed by atoms with van der Waals surface area (Å²) in [4.78, 5) is 7.24. The fourth-order valence-corrected chi connectivity index (χ4v) is 1.70. The molecule has 1 heterocycles. The molecule has 0 saturated carbocycles. The van der Waals surface area contributed by atoms with Gasteiger partial charge in [0.05, 0.1) is 24.3 Å². The van der Waals surface area contributed by atoms with Gasteiger partial charge in [0.25, 0.3) is 0 Å². The first-order valence-corrected chi connectivity index (χ1v) is 6.34. The first-order valence-electron chi connectivity index (χ1n) is 5.96. The average Bonchev–Trinajstić information content (AvgIpc) is 2.33. The third kappa shape index (κ3) is 5.81. The van der Waals surface area contributed by atoms with E-state index in [0.717, 1.165) is 19.0 Å². The van der Waals surface area contributed by atoms with Crippen LogP contribution in [0.2, 0.25) is 5.28 Å². The largest absolute Gasteiger partial charge is 0.389 e. The Morgan fingerprint density at radius 3 is 3.00 bits per heavy atom. The molecule has 2 N–H and O–H groups in total. The number of aromatic nitrogens is 2.